The van der Waals surface area contributed by atoms with Crippen LogP contribution in [0.5, 0.6) is 5.88 Å². The summed E-state index contributed by atoms with van der Waals surface area (Å²) in [7, 11) is 0. The van der Waals surface area contributed by atoms with Crippen molar-refractivity contribution in [1.29, 1.82) is 0 Å². The monoisotopic (exact) mass is 325 g/mol. The summed E-state index contributed by atoms with van der Waals surface area (Å²) in [5.41, 5.74) is -0.0207. The summed E-state index contributed by atoms with van der Waals surface area (Å²) in [6, 6.07) is 0. The maximum absolute atomic E-state index is 12.6. The standard InChI is InChI=1S/C13H15N3O5S/c17-8(18)5-14-10(19)9-11(20)15-13-16(12(9)21)6-3-1-2-4-7(6)22-13/h10,14,19-20H,1-5H2,(H,17,18). The normalized spacial score (nSPS) is 15.7. The molecule has 0 spiro atoms. The van der Waals surface area contributed by atoms with Gasteiger partial charge in [-0.15, -0.1) is 11.3 Å². The molecule has 1 atom stereocenters. The molecular formula is C13H15N3O5S. The molecule has 0 bridgehead atoms. The van der Waals surface area contributed by atoms with Gasteiger partial charge in [0.2, 0.25) is 5.88 Å². The number of aliphatic hydroxyl groups excluding tert-OH is 1. The number of rotatable bonds is 4. The highest BCUT2D eigenvalue weighted by Gasteiger charge is 2.25. The van der Waals surface area contributed by atoms with E-state index in [-0.39, 0.29) is 5.56 Å². The Hall–Kier alpha value is -1.97. The number of aryl methyl sites for hydroxylation is 2. The van der Waals surface area contributed by atoms with Crippen LogP contribution in [0.3, 0.4) is 0 Å². The van der Waals surface area contributed by atoms with Crippen molar-refractivity contribution >= 4 is 22.3 Å². The summed E-state index contributed by atoms with van der Waals surface area (Å²) in [6.07, 6.45) is 2.06. The number of nitrogens with one attached hydrogen (secondary N) is 1. The first-order valence-electron chi connectivity index (χ1n) is 6.88. The molecule has 0 saturated heterocycles. The molecule has 8 nitrogen and oxygen atoms in total. The van der Waals surface area contributed by atoms with Crippen molar-refractivity contribution in [1.82, 2.24) is 14.7 Å². The molecule has 2 aromatic heterocycles. The first-order chi connectivity index (χ1) is 10.5. The van der Waals surface area contributed by atoms with Crippen molar-refractivity contribution in [2.75, 3.05) is 6.54 Å². The maximum atomic E-state index is 12.6. The Bertz CT molecular complexity index is 797. The van der Waals surface area contributed by atoms with Crippen LogP contribution in [0.15, 0.2) is 4.79 Å². The number of hydrogen-bond donors (Lipinski definition) is 4. The maximum Gasteiger partial charge on any atom is 0.317 e. The number of aliphatic carboxylic acids is 1. The SMILES string of the molecule is O=C(O)CNC(O)c1c(O)nc2sc3c(n2c1=O)CCCC3. The van der Waals surface area contributed by atoms with E-state index in [4.69, 9.17) is 5.11 Å². The minimum absolute atomic E-state index is 0.329. The Morgan fingerprint density at radius 1 is 1.41 bits per heavy atom. The number of aliphatic hydroxyl groups is 1. The van der Waals surface area contributed by atoms with Gasteiger partial charge in [0.05, 0.1) is 6.54 Å². The van der Waals surface area contributed by atoms with Gasteiger partial charge in [0.1, 0.15) is 11.8 Å². The van der Waals surface area contributed by atoms with Gasteiger partial charge in [-0.3, -0.25) is 19.3 Å². The number of thiazole rings is 1. The lowest BCUT2D eigenvalue weighted by Gasteiger charge is -2.14. The van der Waals surface area contributed by atoms with Crippen LogP contribution < -0.4 is 10.9 Å². The Kier molecular flexibility index (Phi) is 3.85. The van der Waals surface area contributed by atoms with Gasteiger partial charge >= 0.3 is 5.97 Å². The first kappa shape index (κ1) is 14.9. The lowest BCUT2D eigenvalue weighted by Crippen LogP contribution is -2.33. The number of fused-ring (bicyclic) bond motifs is 3. The summed E-state index contributed by atoms with van der Waals surface area (Å²) in [5.74, 6) is -1.76. The van der Waals surface area contributed by atoms with E-state index < -0.39 is 30.2 Å². The van der Waals surface area contributed by atoms with Crippen LogP contribution in [0.2, 0.25) is 0 Å². The molecule has 9 heteroatoms. The van der Waals surface area contributed by atoms with Crippen LogP contribution >= 0.6 is 11.3 Å². The molecule has 0 saturated carbocycles. The molecule has 3 rings (SSSR count). The highest BCUT2D eigenvalue weighted by atomic mass is 32.1. The molecule has 2 heterocycles. The highest BCUT2D eigenvalue weighted by molar-refractivity contribution is 7.17. The van der Waals surface area contributed by atoms with Crippen molar-refractivity contribution in [2.24, 2.45) is 0 Å². The van der Waals surface area contributed by atoms with Crippen LogP contribution in [-0.2, 0) is 17.6 Å². The van der Waals surface area contributed by atoms with Gasteiger partial charge in [-0.2, -0.15) is 4.98 Å². The smallest absolute Gasteiger partial charge is 0.317 e. The van der Waals surface area contributed by atoms with Crippen molar-refractivity contribution in [3.8, 4) is 5.88 Å². The second-order valence-corrected chi connectivity index (χ2v) is 6.19. The summed E-state index contributed by atoms with van der Waals surface area (Å²) in [5, 5.41) is 30.7. The van der Waals surface area contributed by atoms with Gasteiger partial charge in [-0.25, -0.2) is 0 Å². The van der Waals surface area contributed by atoms with E-state index in [0.29, 0.717) is 4.96 Å². The lowest BCUT2D eigenvalue weighted by molar-refractivity contribution is -0.136. The van der Waals surface area contributed by atoms with Crippen molar-refractivity contribution in [3.05, 3.63) is 26.5 Å². The topological polar surface area (TPSA) is 124 Å². The Balaban J connectivity index is 2.11. The van der Waals surface area contributed by atoms with Crippen molar-refractivity contribution in [2.45, 2.75) is 31.9 Å². The Morgan fingerprint density at radius 2 is 2.14 bits per heavy atom. The fraction of sp³-hybridized carbons (Fsp3) is 0.462. The third-order valence-electron chi connectivity index (χ3n) is 3.66. The van der Waals surface area contributed by atoms with Gasteiger partial charge in [0.25, 0.3) is 5.56 Å². The second-order valence-electron chi connectivity index (χ2n) is 5.13. The molecule has 22 heavy (non-hydrogen) atoms. The average molecular weight is 325 g/mol. The van der Waals surface area contributed by atoms with Crippen molar-refractivity contribution < 1.29 is 20.1 Å². The molecule has 0 aliphatic heterocycles. The van der Waals surface area contributed by atoms with E-state index in [1.165, 1.54) is 15.7 Å². The second kappa shape index (κ2) is 5.67. The van der Waals surface area contributed by atoms with Crippen LogP contribution in [0, 0.1) is 0 Å². The summed E-state index contributed by atoms with van der Waals surface area (Å²) in [6.45, 7) is -0.537. The molecule has 118 valence electrons. The predicted octanol–water partition coefficient (Wildman–Crippen LogP) is 0.00550. The molecular weight excluding hydrogens is 310 g/mol. The van der Waals surface area contributed by atoms with Gasteiger partial charge < -0.3 is 15.3 Å². The third-order valence-corrected chi connectivity index (χ3v) is 4.80. The quantitative estimate of drug-likeness (QED) is 0.583. The molecule has 4 N–H and O–H groups in total. The zero-order valence-electron chi connectivity index (χ0n) is 11.6. The third kappa shape index (κ3) is 2.47. The number of carboxylic acids is 1. The lowest BCUT2D eigenvalue weighted by atomic mass is 10.0. The van der Waals surface area contributed by atoms with E-state index in [2.05, 4.69) is 10.3 Å². The minimum atomic E-state index is -1.59. The van der Waals surface area contributed by atoms with Gasteiger partial charge in [-0.05, 0) is 25.7 Å². The van der Waals surface area contributed by atoms with E-state index in [1.807, 2.05) is 0 Å². The van der Waals surface area contributed by atoms with Gasteiger partial charge in [0, 0.05) is 10.6 Å². The number of aromatic nitrogens is 2. The zero-order valence-corrected chi connectivity index (χ0v) is 12.4. The fourth-order valence-corrected chi connectivity index (χ4v) is 3.85. The van der Waals surface area contributed by atoms with E-state index in [1.54, 1.807) is 0 Å². The molecule has 1 aliphatic rings. The first-order valence-corrected chi connectivity index (χ1v) is 7.70. The van der Waals surface area contributed by atoms with Gasteiger partial charge in [-0.1, -0.05) is 0 Å². The number of nitrogens with zero attached hydrogens (tertiary/aromatic N) is 2. The van der Waals surface area contributed by atoms with Crippen LogP contribution in [-0.4, -0.2) is 37.2 Å². The molecule has 0 aromatic carbocycles. The number of hydrogen-bond acceptors (Lipinski definition) is 7. The van der Waals surface area contributed by atoms with Crippen molar-refractivity contribution in [3.63, 3.8) is 0 Å². The summed E-state index contributed by atoms with van der Waals surface area (Å²) < 4.78 is 1.42. The molecule has 2 aromatic rings. The van der Waals surface area contributed by atoms with E-state index >= 15 is 0 Å². The summed E-state index contributed by atoms with van der Waals surface area (Å²) >= 11 is 1.36. The van der Waals surface area contributed by atoms with Crippen LogP contribution in [0.1, 0.15) is 35.2 Å². The zero-order chi connectivity index (χ0) is 15.9. The minimum Gasteiger partial charge on any atom is -0.493 e. The average Bonchev–Trinajstić information content (AvgIpc) is 2.83. The molecule has 0 radical (unpaired) electrons. The highest BCUT2D eigenvalue weighted by Crippen LogP contribution is 2.30. The molecule has 0 amide bonds. The number of carboxylic acid groups (broad SMARTS) is 1. The van der Waals surface area contributed by atoms with Crippen LogP contribution in [0.25, 0.3) is 4.96 Å². The number of carbonyl (C=O) groups is 1. The number of aromatic hydroxyl groups is 1. The van der Waals surface area contributed by atoms with E-state index in [0.717, 1.165) is 36.3 Å². The largest absolute Gasteiger partial charge is 0.493 e. The summed E-state index contributed by atoms with van der Waals surface area (Å²) in [4.78, 5) is 28.6. The van der Waals surface area contributed by atoms with Crippen LogP contribution in [0.4, 0.5) is 0 Å². The van der Waals surface area contributed by atoms with Gasteiger partial charge in [0.15, 0.2) is 4.96 Å². The fourth-order valence-electron chi connectivity index (χ4n) is 2.65. The molecule has 1 aliphatic carbocycles. The molecule has 1 unspecified atom stereocenters. The Morgan fingerprint density at radius 3 is 2.86 bits per heavy atom. The predicted molar refractivity (Wildman–Crippen MR) is 78.2 cm³/mol. The van der Waals surface area contributed by atoms with E-state index in [9.17, 15) is 19.8 Å². The molecule has 0 fully saturated rings. The Labute approximate surface area is 128 Å².